The maximum absolute atomic E-state index is 14.0. The zero-order valence-corrected chi connectivity index (χ0v) is 22.6. The van der Waals surface area contributed by atoms with Gasteiger partial charge < -0.3 is 29.2 Å². The van der Waals surface area contributed by atoms with Crippen LogP contribution in [0, 0.1) is 0 Å². The summed E-state index contributed by atoms with van der Waals surface area (Å²) in [6.45, 7) is 1.16. The second kappa shape index (κ2) is 11.1. The number of fused-ring (bicyclic) bond motifs is 1. The average molecular weight is 559 g/mol. The fourth-order valence-electron chi connectivity index (χ4n) is 5.52. The standard InChI is InChI=1S/C30H30N4O7/c1-38-23-7-4-21(5-8-23)29(37)34-24(27(35)32-17-20-3-2-12-31-16-20)18-41-30(34)10-13-33(14-11-30)28(36)22-6-9-25-26(15-22)40-19-39-25/h2-9,12,15-16,24H,10-11,13-14,17-19H2,1H3,(H,32,35)/t24-/m1/s1. The molecular weight excluding hydrogens is 528 g/mol. The molecule has 2 aromatic carbocycles. The number of aromatic nitrogens is 1. The van der Waals surface area contributed by atoms with Gasteiger partial charge in [0, 0.05) is 56.0 Å². The molecule has 212 valence electrons. The molecule has 0 bridgehead atoms. The summed E-state index contributed by atoms with van der Waals surface area (Å²) in [5.74, 6) is 0.998. The summed E-state index contributed by atoms with van der Waals surface area (Å²) in [4.78, 5) is 48.1. The van der Waals surface area contributed by atoms with Crippen LogP contribution in [0.4, 0.5) is 0 Å². The molecule has 4 heterocycles. The van der Waals surface area contributed by atoms with Gasteiger partial charge in [-0.25, -0.2) is 0 Å². The van der Waals surface area contributed by atoms with Crippen molar-refractivity contribution in [3.63, 3.8) is 0 Å². The Kier molecular flexibility index (Phi) is 7.19. The van der Waals surface area contributed by atoms with Crippen LogP contribution in [0.15, 0.2) is 67.0 Å². The van der Waals surface area contributed by atoms with Crippen molar-refractivity contribution in [2.24, 2.45) is 0 Å². The predicted octanol–water partition coefficient (Wildman–Crippen LogP) is 2.61. The van der Waals surface area contributed by atoms with E-state index in [4.69, 9.17) is 18.9 Å². The number of nitrogens with one attached hydrogen (secondary N) is 1. The first kappa shape index (κ1) is 26.6. The molecule has 11 heteroatoms. The van der Waals surface area contributed by atoms with E-state index in [2.05, 4.69) is 10.3 Å². The lowest BCUT2D eigenvalue weighted by molar-refractivity contribution is -0.128. The van der Waals surface area contributed by atoms with Gasteiger partial charge in [-0.2, -0.15) is 0 Å². The van der Waals surface area contributed by atoms with Gasteiger partial charge in [0.25, 0.3) is 11.8 Å². The summed E-state index contributed by atoms with van der Waals surface area (Å²) >= 11 is 0. The van der Waals surface area contributed by atoms with E-state index in [1.54, 1.807) is 77.8 Å². The molecule has 11 nitrogen and oxygen atoms in total. The average Bonchev–Trinajstić information content (AvgIpc) is 3.64. The van der Waals surface area contributed by atoms with Gasteiger partial charge in [0.2, 0.25) is 12.7 Å². The maximum Gasteiger partial charge on any atom is 0.256 e. The number of carbonyl (C=O) groups is 3. The van der Waals surface area contributed by atoms with Crippen molar-refractivity contribution in [2.45, 2.75) is 31.2 Å². The lowest BCUT2D eigenvalue weighted by Crippen LogP contribution is -2.59. The molecule has 0 saturated carbocycles. The molecule has 1 aromatic heterocycles. The van der Waals surface area contributed by atoms with Crippen molar-refractivity contribution in [2.75, 3.05) is 33.6 Å². The maximum atomic E-state index is 14.0. The molecular formula is C30H30N4O7. The van der Waals surface area contributed by atoms with Crippen molar-refractivity contribution in [1.29, 1.82) is 0 Å². The topological polar surface area (TPSA) is 120 Å². The first-order valence-corrected chi connectivity index (χ1v) is 13.4. The molecule has 3 aliphatic rings. The number of hydrogen-bond acceptors (Lipinski definition) is 8. The summed E-state index contributed by atoms with van der Waals surface area (Å²) in [7, 11) is 1.56. The number of amides is 3. The van der Waals surface area contributed by atoms with Gasteiger partial charge in [0.1, 0.15) is 17.5 Å². The fourth-order valence-corrected chi connectivity index (χ4v) is 5.52. The number of nitrogens with zero attached hydrogens (tertiary/aromatic N) is 3. The number of hydrogen-bond donors (Lipinski definition) is 1. The molecule has 1 spiro atoms. The summed E-state index contributed by atoms with van der Waals surface area (Å²) in [5, 5.41) is 2.93. The zero-order valence-electron chi connectivity index (χ0n) is 22.6. The summed E-state index contributed by atoms with van der Waals surface area (Å²) < 4.78 is 22.3. The van der Waals surface area contributed by atoms with Crippen LogP contribution >= 0.6 is 0 Å². The highest BCUT2D eigenvalue weighted by Gasteiger charge is 2.54. The Balaban J connectivity index is 1.21. The molecule has 3 amide bonds. The zero-order chi connectivity index (χ0) is 28.4. The number of piperidine rings is 1. The van der Waals surface area contributed by atoms with Crippen molar-refractivity contribution in [3.8, 4) is 17.2 Å². The SMILES string of the molecule is COc1ccc(C(=O)N2[C@@H](C(=O)NCc3cccnc3)COC23CCN(C(=O)c2ccc4c(c2)OCO4)CC3)cc1. The Labute approximate surface area is 237 Å². The minimum absolute atomic E-state index is 0.0525. The van der Waals surface area contributed by atoms with Gasteiger partial charge >= 0.3 is 0 Å². The number of likely N-dealkylation sites (tertiary alicyclic amines) is 1. The Morgan fingerprint density at radius 2 is 1.76 bits per heavy atom. The Bertz CT molecular complexity index is 1440. The van der Waals surface area contributed by atoms with Crippen molar-refractivity contribution in [3.05, 3.63) is 83.7 Å². The van der Waals surface area contributed by atoms with Gasteiger partial charge in [-0.15, -0.1) is 0 Å². The summed E-state index contributed by atoms with van der Waals surface area (Å²) in [6.07, 6.45) is 4.06. The highest BCUT2D eigenvalue weighted by Crippen LogP contribution is 2.39. The minimum Gasteiger partial charge on any atom is -0.497 e. The van der Waals surface area contributed by atoms with Gasteiger partial charge in [-0.3, -0.25) is 24.3 Å². The molecule has 2 fully saturated rings. The quantitative estimate of drug-likeness (QED) is 0.491. The third-order valence-electron chi connectivity index (χ3n) is 7.76. The first-order chi connectivity index (χ1) is 20.0. The molecule has 1 atom stereocenters. The number of methoxy groups -OCH3 is 1. The van der Waals surface area contributed by atoms with Crippen LogP contribution in [0.25, 0.3) is 0 Å². The predicted molar refractivity (Wildman–Crippen MR) is 145 cm³/mol. The van der Waals surface area contributed by atoms with E-state index in [1.807, 2.05) is 6.07 Å². The molecule has 2 saturated heterocycles. The molecule has 6 rings (SSSR count). The van der Waals surface area contributed by atoms with E-state index >= 15 is 0 Å². The van der Waals surface area contributed by atoms with Crippen LogP contribution in [0.2, 0.25) is 0 Å². The highest BCUT2D eigenvalue weighted by molar-refractivity contribution is 5.99. The van der Waals surface area contributed by atoms with Gasteiger partial charge in [0.15, 0.2) is 11.5 Å². The van der Waals surface area contributed by atoms with Gasteiger partial charge in [0.05, 0.1) is 13.7 Å². The third kappa shape index (κ3) is 5.16. The van der Waals surface area contributed by atoms with E-state index in [1.165, 1.54) is 0 Å². The lowest BCUT2D eigenvalue weighted by Gasteiger charge is -2.44. The van der Waals surface area contributed by atoms with Gasteiger partial charge in [-0.1, -0.05) is 6.07 Å². The Morgan fingerprint density at radius 3 is 2.49 bits per heavy atom. The second-order valence-electron chi connectivity index (χ2n) is 10.1. The van der Waals surface area contributed by atoms with Crippen LogP contribution in [-0.4, -0.2) is 77.9 Å². The molecule has 0 aliphatic carbocycles. The summed E-state index contributed by atoms with van der Waals surface area (Å²) in [5.41, 5.74) is 0.729. The molecule has 41 heavy (non-hydrogen) atoms. The second-order valence-corrected chi connectivity index (χ2v) is 10.1. The minimum atomic E-state index is -1.03. The Hall–Kier alpha value is -4.64. The highest BCUT2D eigenvalue weighted by atomic mass is 16.7. The molecule has 0 unspecified atom stereocenters. The Morgan fingerprint density at radius 1 is 1.00 bits per heavy atom. The third-order valence-corrected chi connectivity index (χ3v) is 7.76. The monoisotopic (exact) mass is 558 g/mol. The van der Waals surface area contributed by atoms with Crippen LogP contribution < -0.4 is 19.5 Å². The summed E-state index contributed by atoms with van der Waals surface area (Å²) in [6, 6.07) is 14.7. The lowest BCUT2D eigenvalue weighted by atomic mass is 9.96. The molecule has 3 aromatic rings. The van der Waals surface area contributed by atoms with Crippen LogP contribution in [0.1, 0.15) is 39.1 Å². The number of carbonyl (C=O) groups excluding carboxylic acids is 3. The molecule has 1 N–H and O–H groups in total. The smallest absolute Gasteiger partial charge is 0.256 e. The van der Waals surface area contributed by atoms with E-state index in [0.29, 0.717) is 54.3 Å². The van der Waals surface area contributed by atoms with Crippen LogP contribution in [0.5, 0.6) is 17.2 Å². The van der Waals surface area contributed by atoms with Crippen LogP contribution in [0.3, 0.4) is 0 Å². The first-order valence-electron chi connectivity index (χ1n) is 13.4. The number of rotatable bonds is 6. The number of benzene rings is 2. The van der Waals surface area contributed by atoms with E-state index in [-0.39, 0.29) is 37.7 Å². The van der Waals surface area contributed by atoms with Crippen molar-refractivity contribution < 1.29 is 33.3 Å². The number of ether oxygens (including phenoxy) is 4. The normalized spacial score (nSPS) is 18.8. The van der Waals surface area contributed by atoms with Gasteiger partial charge in [-0.05, 0) is 54.1 Å². The van der Waals surface area contributed by atoms with E-state index < -0.39 is 11.8 Å². The molecule has 3 aliphatic heterocycles. The van der Waals surface area contributed by atoms with Crippen molar-refractivity contribution >= 4 is 17.7 Å². The van der Waals surface area contributed by atoms with E-state index in [0.717, 1.165) is 5.56 Å². The molecule has 0 radical (unpaired) electrons. The van der Waals surface area contributed by atoms with E-state index in [9.17, 15) is 14.4 Å². The van der Waals surface area contributed by atoms with Crippen LogP contribution in [-0.2, 0) is 16.1 Å². The van der Waals surface area contributed by atoms with Crippen molar-refractivity contribution in [1.82, 2.24) is 20.1 Å². The fraction of sp³-hybridized carbons (Fsp3) is 0.333. The largest absolute Gasteiger partial charge is 0.497 e. The number of pyridine rings is 1.